The molecule has 104 valence electrons. The van der Waals surface area contributed by atoms with E-state index in [4.69, 9.17) is 0 Å². The SMILES string of the molecule is O=[N+]([O-])c1cccnc1NCc1cc2n(n1)CCCC2. The molecular weight excluding hydrogens is 258 g/mol. The fourth-order valence-corrected chi connectivity index (χ4v) is 2.42. The molecule has 0 aliphatic carbocycles. The smallest absolute Gasteiger partial charge is 0.311 e. The molecule has 0 fully saturated rings. The number of anilines is 1. The Morgan fingerprint density at radius 1 is 1.45 bits per heavy atom. The van der Waals surface area contributed by atoms with E-state index in [1.807, 2.05) is 4.68 Å². The molecule has 0 bridgehead atoms. The van der Waals surface area contributed by atoms with Crippen LogP contribution >= 0.6 is 0 Å². The molecule has 0 aromatic carbocycles. The molecule has 20 heavy (non-hydrogen) atoms. The van der Waals surface area contributed by atoms with Crippen molar-refractivity contribution >= 4 is 11.5 Å². The number of nitro groups is 1. The fourth-order valence-electron chi connectivity index (χ4n) is 2.42. The standard InChI is InChI=1S/C13H15N5O2/c19-18(20)12-5-3-6-14-13(12)15-9-10-8-11-4-1-2-7-17(11)16-10/h3,5-6,8H,1-2,4,7,9H2,(H,14,15). The molecule has 1 N–H and O–H groups in total. The number of fused-ring (bicyclic) bond motifs is 1. The molecule has 0 radical (unpaired) electrons. The summed E-state index contributed by atoms with van der Waals surface area (Å²) < 4.78 is 2.02. The zero-order valence-electron chi connectivity index (χ0n) is 11.0. The average Bonchev–Trinajstić information content (AvgIpc) is 2.88. The number of rotatable bonds is 4. The van der Waals surface area contributed by atoms with Gasteiger partial charge in [-0.2, -0.15) is 5.10 Å². The van der Waals surface area contributed by atoms with Gasteiger partial charge in [-0.3, -0.25) is 14.8 Å². The van der Waals surface area contributed by atoms with Gasteiger partial charge in [0, 0.05) is 24.5 Å². The molecule has 7 heteroatoms. The van der Waals surface area contributed by atoms with E-state index in [1.165, 1.54) is 24.4 Å². The molecule has 2 aromatic rings. The summed E-state index contributed by atoms with van der Waals surface area (Å²) in [6.07, 6.45) is 4.95. The van der Waals surface area contributed by atoms with Gasteiger partial charge in [0.1, 0.15) is 0 Å². The lowest BCUT2D eigenvalue weighted by Gasteiger charge is -2.11. The largest absolute Gasteiger partial charge is 0.359 e. The van der Waals surface area contributed by atoms with Crippen LogP contribution in [0.4, 0.5) is 11.5 Å². The van der Waals surface area contributed by atoms with Gasteiger partial charge in [0.25, 0.3) is 0 Å². The van der Waals surface area contributed by atoms with Gasteiger partial charge in [-0.05, 0) is 31.4 Å². The summed E-state index contributed by atoms with van der Waals surface area (Å²) >= 11 is 0. The molecule has 0 amide bonds. The predicted molar refractivity (Wildman–Crippen MR) is 73.4 cm³/mol. The van der Waals surface area contributed by atoms with Crippen LogP contribution < -0.4 is 5.32 Å². The second kappa shape index (κ2) is 5.28. The highest BCUT2D eigenvalue weighted by Crippen LogP contribution is 2.21. The van der Waals surface area contributed by atoms with Crippen molar-refractivity contribution in [2.75, 3.05) is 5.32 Å². The van der Waals surface area contributed by atoms with Gasteiger partial charge in [0.05, 0.1) is 17.2 Å². The summed E-state index contributed by atoms with van der Waals surface area (Å²) in [6.45, 7) is 1.40. The number of pyridine rings is 1. The van der Waals surface area contributed by atoms with Gasteiger partial charge in [-0.1, -0.05) is 0 Å². The minimum absolute atomic E-state index is 0.0172. The molecule has 7 nitrogen and oxygen atoms in total. The lowest BCUT2D eigenvalue weighted by Crippen LogP contribution is -2.11. The molecule has 2 aromatic heterocycles. The number of hydrogen-bond donors (Lipinski definition) is 1. The molecule has 1 aliphatic rings. The highest BCUT2D eigenvalue weighted by atomic mass is 16.6. The van der Waals surface area contributed by atoms with Gasteiger partial charge < -0.3 is 5.32 Å². The molecule has 0 saturated heterocycles. The highest BCUT2D eigenvalue weighted by molar-refractivity contribution is 5.55. The molecule has 3 heterocycles. The van der Waals surface area contributed by atoms with E-state index in [-0.39, 0.29) is 11.5 Å². The second-order valence-electron chi connectivity index (χ2n) is 4.79. The summed E-state index contributed by atoms with van der Waals surface area (Å²) in [6, 6.07) is 5.05. The monoisotopic (exact) mass is 273 g/mol. The maximum Gasteiger partial charge on any atom is 0.311 e. The average molecular weight is 273 g/mol. The Morgan fingerprint density at radius 2 is 2.35 bits per heavy atom. The summed E-state index contributed by atoms with van der Waals surface area (Å²) in [5.74, 6) is 0.281. The van der Waals surface area contributed by atoms with Gasteiger partial charge in [-0.25, -0.2) is 4.98 Å². The van der Waals surface area contributed by atoms with E-state index in [9.17, 15) is 10.1 Å². The molecule has 0 spiro atoms. The quantitative estimate of drug-likeness (QED) is 0.681. The topological polar surface area (TPSA) is 85.9 Å². The van der Waals surface area contributed by atoms with Crippen LogP contribution in [0.2, 0.25) is 0 Å². The van der Waals surface area contributed by atoms with Crippen molar-refractivity contribution in [2.24, 2.45) is 0 Å². The number of nitrogens with zero attached hydrogens (tertiary/aromatic N) is 4. The Bertz CT molecular complexity index is 614. The van der Waals surface area contributed by atoms with Crippen LogP contribution in [0.25, 0.3) is 0 Å². The summed E-state index contributed by atoms with van der Waals surface area (Å²) in [5.41, 5.74) is 2.11. The zero-order chi connectivity index (χ0) is 13.9. The van der Waals surface area contributed by atoms with Gasteiger partial charge >= 0.3 is 5.69 Å². The Hall–Kier alpha value is -2.44. The van der Waals surface area contributed by atoms with E-state index in [2.05, 4.69) is 21.5 Å². The molecule has 3 rings (SSSR count). The minimum Gasteiger partial charge on any atom is -0.359 e. The van der Waals surface area contributed by atoms with Crippen molar-refractivity contribution in [1.82, 2.24) is 14.8 Å². The van der Waals surface area contributed by atoms with Crippen molar-refractivity contribution in [3.63, 3.8) is 0 Å². The van der Waals surface area contributed by atoms with Gasteiger partial charge in [0.2, 0.25) is 5.82 Å². The van der Waals surface area contributed by atoms with Crippen LogP contribution in [0.3, 0.4) is 0 Å². The van der Waals surface area contributed by atoms with E-state index >= 15 is 0 Å². The van der Waals surface area contributed by atoms with Crippen molar-refractivity contribution in [3.05, 3.63) is 45.9 Å². The van der Waals surface area contributed by atoms with E-state index < -0.39 is 4.92 Å². The third-order valence-electron chi connectivity index (χ3n) is 3.39. The Labute approximate surface area is 115 Å². The Morgan fingerprint density at radius 3 is 3.15 bits per heavy atom. The van der Waals surface area contributed by atoms with Gasteiger partial charge in [0.15, 0.2) is 0 Å². The van der Waals surface area contributed by atoms with E-state index in [0.29, 0.717) is 6.54 Å². The molecule has 0 unspecified atom stereocenters. The van der Waals surface area contributed by atoms with Crippen LogP contribution in [0, 0.1) is 10.1 Å². The first-order valence-corrected chi connectivity index (χ1v) is 6.63. The fraction of sp³-hybridized carbons (Fsp3) is 0.385. The number of aryl methyl sites for hydroxylation is 2. The first kappa shape index (κ1) is 12.6. The van der Waals surface area contributed by atoms with Crippen LogP contribution in [0.15, 0.2) is 24.4 Å². The Kier molecular flexibility index (Phi) is 3.32. The maximum atomic E-state index is 10.9. The third-order valence-corrected chi connectivity index (χ3v) is 3.39. The van der Waals surface area contributed by atoms with E-state index in [0.717, 1.165) is 25.1 Å². The summed E-state index contributed by atoms with van der Waals surface area (Å²) in [4.78, 5) is 14.5. The highest BCUT2D eigenvalue weighted by Gasteiger charge is 2.15. The molecule has 1 aliphatic heterocycles. The van der Waals surface area contributed by atoms with E-state index in [1.54, 1.807) is 6.07 Å². The minimum atomic E-state index is -0.437. The molecular formula is C13H15N5O2. The van der Waals surface area contributed by atoms with Gasteiger partial charge in [-0.15, -0.1) is 0 Å². The predicted octanol–water partition coefficient (Wildman–Crippen LogP) is 2.13. The normalized spacial score (nSPS) is 13.8. The van der Waals surface area contributed by atoms with Crippen molar-refractivity contribution in [3.8, 4) is 0 Å². The maximum absolute atomic E-state index is 10.9. The molecule has 0 atom stereocenters. The zero-order valence-corrected chi connectivity index (χ0v) is 11.0. The molecule has 0 saturated carbocycles. The van der Waals surface area contributed by atoms with Crippen LogP contribution in [-0.4, -0.2) is 19.7 Å². The summed E-state index contributed by atoms with van der Waals surface area (Å²) in [7, 11) is 0. The van der Waals surface area contributed by atoms with Crippen LogP contribution in [-0.2, 0) is 19.5 Å². The lowest BCUT2D eigenvalue weighted by atomic mass is 10.1. The third kappa shape index (κ3) is 2.47. The number of nitrogens with one attached hydrogen (secondary N) is 1. The van der Waals surface area contributed by atoms with Crippen molar-refractivity contribution in [1.29, 1.82) is 0 Å². The van der Waals surface area contributed by atoms with Crippen LogP contribution in [0.1, 0.15) is 24.2 Å². The number of hydrogen-bond acceptors (Lipinski definition) is 5. The van der Waals surface area contributed by atoms with Crippen LogP contribution in [0.5, 0.6) is 0 Å². The first-order valence-electron chi connectivity index (χ1n) is 6.63. The second-order valence-corrected chi connectivity index (χ2v) is 4.79. The van der Waals surface area contributed by atoms with Crippen molar-refractivity contribution < 1.29 is 4.92 Å². The first-order chi connectivity index (χ1) is 9.74. The Balaban J connectivity index is 1.73. The van der Waals surface area contributed by atoms with Crippen molar-refractivity contribution in [2.45, 2.75) is 32.4 Å². The number of aromatic nitrogens is 3. The lowest BCUT2D eigenvalue weighted by molar-refractivity contribution is -0.384. The summed E-state index contributed by atoms with van der Waals surface area (Å²) in [5, 5.41) is 18.4.